The number of nitrogens with zero attached hydrogens (tertiary/aromatic N) is 2. The van der Waals surface area contributed by atoms with E-state index in [0.717, 1.165) is 12.4 Å². The number of aryl methyl sites for hydroxylation is 1. The Morgan fingerprint density at radius 1 is 1.45 bits per heavy atom. The number of hydrogen-bond acceptors (Lipinski definition) is 3. The molecule has 0 radical (unpaired) electrons. The predicted octanol–water partition coefficient (Wildman–Crippen LogP) is 1.95. The molecule has 1 aromatic rings. The topological polar surface area (TPSA) is 39.1 Å². The molecule has 0 saturated carbocycles. The first-order chi connectivity index (χ1) is 9.40. The maximum atomic E-state index is 12.7. The molecule has 0 spiro atoms. The van der Waals surface area contributed by atoms with Crippen LogP contribution in [0.3, 0.4) is 0 Å². The molecule has 0 fully saturated rings. The van der Waals surface area contributed by atoms with Gasteiger partial charge in [0.2, 0.25) is 0 Å². The molecule has 1 aromatic heterocycles. The van der Waals surface area contributed by atoms with Crippen LogP contribution in [0.15, 0.2) is 12.4 Å². The number of halogens is 4. The lowest BCUT2D eigenvalue weighted by atomic mass is 10.2. The quantitative estimate of drug-likeness (QED) is 0.708. The van der Waals surface area contributed by atoms with Gasteiger partial charge in [-0.3, -0.25) is 0 Å². The normalized spacial score (nSPS) is 13.9. The van der Waals surface area contributed by atoms with Gasteiger partial charge in [0.25, 0.3) is 0 Å². The highest BCUT2D eigenvalue weighted by atomic mass is 19.3. The largest absolute Gasteiger partial charge is 0.373 e. The standard InChI is InChI=1S/C12H19F4N3O/c1-3-19-5-4-18-10(19)6-9(17-2)7-20-8-12(15,16)11(13)14/h4-5,9,11,17H,3,6-8H2,1-2H3. The molecule has 0 aliphatic rings. The second kappa shape index (κ2) is 7.58. The van der Waals surface area contributed by atoms with Gasteiger partial charge < -0.3 is 14.6 Å². The molecule has 1 rings (SSSR count). The number of hydrogen-bond donors (Lipinski definition) is 1. The highest BCUT2D eigenvalue weighted by Gasteiger charge is 2.41. The Balaban J connectivity index is 2.44. The zero-order valence-electron chi connectivity index (χ0n) is 11.5. The first-order valence-corrected chi connectivity index (χ1v) is 6.31. The Labute approximate surface area is 115 Å². The fraction of sp³-hybridized carbons (Fsp3) is 0.750. The lowest BCUT2D eigenvalue weighted by Gasteiger charge is -2.19. The van der Waals surface area contributed by atoms with Gasteiger partial charge in [0, 0.05) is 31.4 Å². The van der Waals surface area contributed by atoms with E-state index in [9.17, 15) is 17.6 Å². The lowest BCUT2D eigenvalue weighted by Crippen LogP contribution is -2.38. The molecule has 0 aliphatic heterocycles. The van der Waals surface area contributed by atoms with Gasteiger partial charge >= 0.3 is 12.3 Å². The van der Waals surface area contributed by atoms with Crippen molar-refractivity contribution in [1.82, 2.24) is 14.9 Å². The first-order valence-electron chi connectivity index (χ1n) is 6.31. The fourth-order valence-corrected chi connectivity index (χ4v) is 1.68. The van der Waals surface area contributed by atoms with Crippen LogP contribution in [-0.2, 0) is 17.7 Å². The Kier molecular flexibility index (Phi) is 6.41. The van der Waals surface area contributed by atoms with E-state index in [4.69, 9.17) is 4.74 Å². The van der Waals surface area contributed by atoms with Crippen LogP contribution in [0.5, 0.6) is 0 Å². The van der Waals surface area contributed by atoms with Gasteiger partial charge in [-0.2, -0.15) is 8.78 Å². The second-order valence-electron chi connectivity index (χ2n) is 4.40. The van der Waals surface area contributed by atoms with Gasteiger partial charge in [-0.25, -0.2) is 13.8 Å². The van der Waals surface area contributed by atoms with E-state index < -0.39 is 19.0 Å². The third-order valence-electron chi connectivity index (χ3n) is 2.91. The van der Waals surface area contributed by atoms with Crippen molar-refractivity contribution in [3.05, 3.63) is 18.2 Å². The van der Waals surface area contributed by atoms with Crippen molar-refractivity contribution >= 4 is 0 Å². The molecule has 1 unspecified atom stereocenters. The van der Waals surface area contributed by atoms with Crippen LogP contribution in [0.4, 0.5) is 17.6 Å². The van der Waals surface area contributed by atoms with E-state index >= 15 is 0 Å². The summed E-state index contributed by atoms with van der Waals surface area (Å²) >= 11 is 0. The zero-order chi connectivity index (χ0) is 15.2. The van der Waals surface area contributed by atoms with Crippen LogP contribution in [0.1, 0.15) is 12.7 Å². The second-order valence-corrected chi connectivity index (χ2v) is 4.40. The minimum Gasteiger partial charge on any atom is -0.373 e. The van der Waals surface area contributed by atoms with Crippen LogP contribution in [0, 0.1) is 0 Å². The van der Waals surface area contributed by atoms with E-state index in [1.54, 1.807) is 13.2 Å². The molecule has 1 heterocycles. The minimum absolute atomic E-state index is 0.0879. The summed E-state index contributed by atoms with van der Waals surface area (Å²) in [4.78, 5) is 4.16. The molecule has 116 valence electrons. The molecule has 8 heteroatoms. The molecule has 0 saturated heterocycles. The molecule has 0 bridgehead atoms. The van der Waals surface area contributed by atoms with E-state index in [1.807, 2.05) is 17.7 Å². The highest BCUT2D eigenvalue weighted by molar-refractivity contribution is 4.95. The summed E-state index contributed by atoms with van der Waals surface area (Å²) in [6.45, 7) is 1.33. The number of rotatable bonds is 9. The van der Waals surface area contributed by atoms with Crippen molar-refractivity contribution in [1.29, 1.82) is 0 Å². The monoisotopic (exact) mass is 297 g/mol. The van der Waals surface area contributed by atoms with Crippen LogP contribution < -0.4 is 5.32 Å². The van der Waals surface area contributed by atoms with Crippen molar-refractivity contribution in [2.45, 2.75) is 38.3 Å². The maximum Gasteiger partial charge on any atom is 0.330 e. The smallest absolute Gasteiger partial charge is 0.330 e. The maximum absolute atomic E-state index is 12.7. The predicted molar refractivity (Wildman–Crippen MR) is 66.2 cm³/mol. The molecular formula is C12H19F4N3O. The van der Waals surface area contributed by atoms with Crippen LogP contribution in [0.2, 0.25) is 0 Å². The molecule has 0 aromatic carbocycles. The SMILES string of the molecule is CCn1ccnc1CC(COCC(F)(F)C(F)F)NC. The fourth-order valence-electron chi connectivity index (χ4n) is 1.68. The zero-order valence-corrected chi connectivity index (χ0v) is 11.5. The van der Waals surface area contributed by atoms with Gasteiger partial charge in [0.05, 0.1) is 6.61 Å². The number of aromatic nitrogens is 2. The average Bonchev–Trinajstić information content (AvgIpc) is 2.84. The van der Waals surface area contributed by atoms with Crippen molar-refractivity contribution in [2.75, 3.05) is 20.3 Å². The Bertz CT molecular complexity index is 398. The van der Waals surface area contributed by atoms with Crippen LogP contribution in [-0.4, -0.2) is 48.2 Å². The third-order valence-corrected chi connectivity index (χ3v) is 2.91. The van der Waals surface area contributed by atoms with Gasteiger partial charge in [0.15, 0.2) is 0 Å². The highest BCUT2D eigenvalue weighted by Crippen LogP contribution is 2.22. The molecule has 20 heavy (non-hydrogen) atoms. The Morgan fingerprint density at radius 2 is 2.15 bits per heavy atom. The Hall–Kier alpha value is -1.15. The van der Waals surface area contributed by atoms with E-state index in [2.05, 4.69) is 10.3 Å². The number of ether oxygens (including phenoxy) is 1. The molecule has 1 atom stereocenters. The number of likely N-dealkylation sites (N-methyl/N-ethyl adjacent to an activating group) is 1. The van der Waals surface area contributed by atoms with Gasteiger partial charge in [0.1, 0.15) is 12.4 Å². The van der Waals surface area contributed by atoms with Crippen molar-refractivity contribution in [2.24, 2.45) is 0 Å². The molecule has 0 aliphatic carbocycles. The number of alkyl halides is 4. The summed E-state index contributed by atoms with van der Waals surface area (Å²) in [5.74, 6) is -3.32. The van der Waals surface area contributed by atoms with Gasteiger partial charge in [-0.05, 0) is 14.0 Å². The number of imidazole rings is 1. The summed E-state index contributed by atoms with van der Waals surface area (Å²) < 4.78 is 55.9. The Morgan fingerprint density at radius 3 is 2.70 bits per heavy atom. The summed E-state index contributed by atoms with van der Waals surface area (Å²) in [6, 6.07) is -0.267. The lowest BCUT2D eigenvalue weighted by molar-refractivity contribution is -0.166. The summed E-state index contributed by atoms with van der Waals surface area (Å²) in [6.07, 6.45) is 0.220. The molecular weight excluding hydrogens is 278 g/mol. The van der Waals surface area contributed by atoms with Gasteiger partial charge in [-0.1, -0.05) is 0 Å². The summed E-state index contributed by atoms with van der Waals surface area (Å²) in [5.41, 5.74) is 0. The van der Waals surface area contributed by atoms with Crippen LogP contribution in [0.25, 0.3) is 0 Å². The van der Waals surface area contributed by atoms with Gasteiger partial charge in [-0.15, -0.1) is 0 Å². The summed E-state index contributed by atoms with van der Waals surface area (Å²) in [7, 11) is 1.65. The first kappa shape index (κ1) is 16.9. The average molecular weight is 297 g/mol. The van der Waals surface area contributed by atoms with Crippen molar-refractivity contribution < 1.29 is 22.3 Å². The molecule has 0 amide bonds. The van der Waals surface area contributed by atoms with Crippen molar-refractivity contribution in [3.63, 3.8) is 0 Å². The summed E-state index contributed by atoms with van der Waals surface area (Å²) in [5, 5.41) is 2.90. The minimum atomic E-state index is -4.11. The molecule has 4 nitrogen and oxygen atoms in total. The van der Waals surface area contributed by atoms with E-state index in [0.29, 0.717) is 6.42 Å². The number of nitrogens with one attached hydrogen (secondary N) is 1. The van der Waals surface area contributed by atoms with Crippen LogP contribution >= 0.6 is 0 Å². The van der Waals surface area contributed by atoms with Crippen molar-refractivity contribution in [3.8, 4) is 0 Å². The third kappa shape index (κ3) is 4.75. The van der Waals surface area contributed by atoms with E-state index in [-0.39, 0.29) is 12.6 Å². The molecule has 1 N–H and O–H groups in total. The van der Waals surface area contributed by atoms with E-state index in [1.165, 1.54) is 0 Å².